The van der Waals surface area contributed by atoms with Crippen LogP contribution in [0.25, 0.3) is 11.0 Å². The number of para-hydroxylation sites is 2. The van der Waals surface area contributed by atoms with Gasteiger partial charge in [0.15, 0.2) is 0 Å². The van der Waals surface area contributed by atoms with Gasteiger partial charge in [0.05, 0.1) is 29.7 Å². The Bertz CT molecular complexity index is 1090. The van der Waals surface area contributed by atoms with Crippen LogP contribution in [0.4, 0.5) is 13.2 Å². The zero-order chi connectivity index (χ0) is 22.7. The zero-order valence-corrected chi connectivity index (χ0v) is 17.1. The minimum atomic E-state index is -4.54. The number of halogens is 3. The highest BCUT2D eigenvalue weighted by molar-refractivity contribution is 5.96. The number of fused-ring (bicyclic) bond motifs is 1. The molecule has 2 heterocycles. The highest BCUT2D eigenvalue weighted by Crippen LogP contribution is 2.29. The van der Waals surface area contributed by atoms with Crippen molar-refractivity contribution in [1.29, 1.82) is 0 Å². The standard InChI is InChI=1S/C22H22F3N5O2/c23-22(24,25)15-5-3-4-14(10-15)21(32)26-11-20(31)27-16-8-9-30(12-16)13-19-28-17-6-1-2-7-18(17)29-19/h1-7,10,16H,8-9,11-13H2,(H,26,32)(H,27,31)(H,28,29)/t16-/m1/s1. The average molecular weight is 445 g/mol. The molecule has 2 amide bonds. The predicted octanol–water partition coefficient (Wildman–Crippen LogP) is 2.70. The third-order valence-electron chi connectivity index (χ3n) is 5.31. The molecule has 168 valence electrons. The van der Waals surface area contributed by atoms with E-state index in [0.717, 1.165) is 48.0 Å². The van der Waals surface area contributed by atoms with E-state index < -0.39 is 17.6 Å². The molecule has 1 fully saturated rings. The highest BCUT2D eigenvalue weighted by atomic mass is 19.4. The van der Waals surface area contributed by atoms with Gasteiger partial charge in [-0.25, -0.2) is 4.98 Å². The van der Waals surface area contributed by atoms with Crippen molar-refractivity contribution in [3.05, 3.63) is 65.5 Å². The number of aromatic nitrogens is 2. The summed E-state index contributed by atoms with van der Waals surface area (Å²) < 4.78 is 38.4. The summed E-state index contributed by atoms with van der Waals surface area (Å²) >= 11 is 0. The van der Waals surface area contributed by atoms with Crippen molar-refractivity contribution >= 4 is 22.8 Å². The Hall–Kier alpha value is -3.40. The lowest BCUT2D eigenvalue weighted by Gasteiger charge is -2.16. The van der Waals surface area contributed by atoms with Gasteiger partial charge >= 0.3 is 6.18 Å². The van der Waals surface area contributed by atoms with Gasteiger partial charge in [-0.3, -0.25) is 14.5 Å². The second-order valence-corrected chi connectivity index (χ2v) is 7.75. The van der Waals surface area contributed by atoms with Gasteiger partial charge in [0.1, 0.15) is 5.82 Å². The number of aromatic amines is 1. The molecule has 3 N–H and O–H groups in total. The molecule has 0 radical (unpaired) electrons. The fourth-order valence-electron chi connectivity index (χ4n) is 3.76. The van der Waals surface area contributed by atoms with Gasteiger partial charge in [0.25, 0.3) is 5.91 Å². The number of hydrogen-bond acceptors (Lipinski definition) is 4. The summed E-state index contributed by atoms with van der Waals surface area (Å²) in [4.78, 5) is 34.3. The summed E-state index contributed by atoms with van der Waals surface area (Å²) in [5, 5.41) is 5.23. The molecule has 0 spiro atoms. The van der Waals surface area contributed by atoms with Crippen LogP contribution < -0.4 is 10.6 Å². The molecule has 1 aliphatic heterocycles. The van der Waals surface area contributed by atoms with E-state index in [4.69, 9.17) is 0 Å². The Labute approximate surface area is 182 Å². The summed E-state index contributed by atoms with van der Waals surface area (Å²) in [6.45, 7) is 1.76. The predicted molar refractivity (Wildman–Crippen MR) is 112 cm³/mol. The molecule has 10 heteroatoms. The van der Waals surface area contributed by atoms with Crippen molar-refractivity contribution in [3.8, 4) is 0 Å². The van der Waals surface area contributed by atoms with Crippen LogP contribution in [-0.4, -0.2) is 52.4 Å². The number of imidazole rings is 1. The Balaban J connectivity index is 1.24. The van der Waals surface area contributed by atoms with Crippen LogP contribution in [0, 0.1) is 0 Å². The molecule has 0 unspecified atom stereocenters. The molecule has 0 bridgehead atoms. The molecule has 1 aliphatic rings. The van der Waals surface area contributed by atoms with Crippen LogP contribution in [0.2, 0.25) is 0 Å². The van der Waals surface area contributed by atoms with E-state index in [0.29, 0.717) is 13.1 Å². The number of carbonyl (C=O) groups is 2. The average Bonchev–Trinajstić information content (AvgIpc) is 3.37. The minimum absolute atomic E-state index is 0.0719. The number of carbonyl (C=O) groups excluding carboxylic acids is 2. The monoisotopic (exact) mass is 445 g/mol. The molecule has 1 saturated heterocycles. The third-order valence-corrected chi connectivity index (χ3v) is 5.31. The SMILES string of the molecule is O=C(CNC(=O)c1cccc(C(F)(F)F)c1)N[C@@H]1CCN(Cc2nc3ccccc3[nH]2)C1. The lowest BCUT2D eigenvalue weighted by Crippen LogP contribution is -2.43. The number of H-pyrrole nitrogens is 1. The number of benzene rings is 2. The van der Waals surface area contributed by atoms with E-state index in [-0.39, 0.29) is 24.1 Å². The Kier molecular flexibility index (Phi) is 6.13. The first-order chi connectivity index (χ1) is 15.3. The lowest BCUT2D eigenvalue weighted by atomic mass is 10.1. The number of nitrogens with zero attached hydrogens (tertiary/aromatic N) is 2. The quantitative estimate of drug-likeness (QED) is 0.544. The van der Waals surface area contributed by atoms with E-state index in [1.165, 1.54) is 6.07 Å². The normalized spacial score (nSPS) is 16.9. The second kappa shape index (κ2) is 8.99. The fourth-order valence-corrected chi connectivity index (χ4v) is 3.76. The van der Waals surface area contributed by atoms with Gasteiger partial charge in [0, 0.05) is 24.7 Å². The number of likely N-dealkylation sites (tertiary alicyclic amines) is 1. The first-order valence-electron chi connectivity index (χ1n) is 10.2. The van der Waals surface area contributed by atoms with Crippen molar-refractivity contribution in [1.82, 2.24) is 25.5 Å². The number of amides is 2. The maximum Gasteiger partial charge on any atom is 0.416 e. The Morgan fingerprint density at radius 3 is 2.75 bits per heavy atom. The van der Waals surface area contributed by atoms with Gasteiger partial charge in [-0.1, -0.05) is 18.2 Å². The third kappa shape index (κ3) is 5.25. The number of nitrogens with one attached hydrogen (secondary N) is 3. The van der Waals surface area contributed by atoms with E-state index in [9.17, 15) is 22.8 Å². The Morgan fingerprint density at radius 2 is 1.97 bits per heavy atom. The van der Waals surface area contributed by atoms with Crippen LogP contribution in [0.1, 0.15) is 28.2 Å². The smallest absolute Gasteiger partial charge is 0.350 e. The molecule has 2 aromatic carbocycles. The molecule has 1 aromatic heterocycles. The van der Waals surface area contributed by atoms with E-state index >= 15 is 0 Å². The van der Waals surface area contributed by atoms with Crippen LogP contribution in [0.5, 0.6) is 0 Å². The van der Waals surface area contributed by atoms with Crippen LogP contribution in [-0.2, 0) is 17.5 Å². The maximum absolute atomic E-state index is 12.8. The fraction of sp³-hybridized carbons (Fsp3) is 0.318. The molecule has 0 saturated carbocycles. The van der Waals surface area contributed by atoms with Gasteiger partial charge in [-0.2, -0.15) is 13.2 Å². The summed E-state index contributed by atoms with van der Waals surface area (Å²) in [5.41, 5.74) is 0.821. The lowest BCUT2D eigenvalue weighted by molar-refractivity contribution is -0.137. The number of rotatable bonds is 6. The van der Waals surface area contributed by atoms with Gasteiger partial charge in [0.2, 0.25) is 5.91 Å². The van der Waals surface area contributed by atoms with E-state index in [1.807, 2.05) is 24.3 Å². The van der Waals surface area contributed by atoms with E-state index in [1.54, 1.807) is 0 Å². The van der Waals surface area contributed by atoms with Crippen molar-refractivity contribution in [3.63, 3.8) is 0 Å². The van der Waals surface area contributed by atoms with Crippen LogP contribution in [0.15, 0.2) is 48.5 Å². The zero-order valence-electron chi connectivity index (χ0n) is 17.1. The van der Waals surface area contributed by atoms with Gasteiger partial charge in [-0.05, 0) is 36.8 Å². The minimum Gasteiger partial charge on any atom is -0.350 e. The first-order valence-corrected chi connectivity index (χ1v) is 10.2. The Morgan fingerprint density at radius 1 is 1.16 bits per heavy atom. The molecule has 7 nitrogen and oxygen atoms in total. The number of alkyl halides is 3. The summed E-state index contributed by atoms with van der Waals surface area (Å²) in [6.07, 6.45) is -3.78. The van der Waals surface area contributed by atoms with Crippen molar-refractivity contribution in [2.45, 2.75) is 25.2 Å². The van der Waals surface area contributed by atoms with Gasteiger partial charge in [-0.15, -0.1) is 0 Å². The molecular weight excluding hydrogens is 423 g/mol. The first kappa shape index (κ1) is 21.8. The molecule has 0 aliphatic carbocycles. The molecular formula is C22H22F3N5O2. The van der Waals surface area contributed by atoms with Crippen molar-refractivity contribution < 1.29 is 22.8 Å². The molecule has 3 aromatic rings. The topological polar surface area (TPSA) is 90.1 Å². The number of hydrogen-bond donors (Lipinski definition) is 3. The molecule has 32 heavy (non-hydrogen) atoms. The van der Waals surface area contributed by atoms with Gasteiger partial charge < -0.3 is 15.6 Å². The van der Waals surface area contributed by atoms with Crippen molar-refractivity contribution in [2.24, 2.45) is 0 Å². The molecule has 1 atom stereocenters. The summed E-state index contributed by atoms with van der Waals surface area (Å²) in [5.74, 6) is -0.267. The van der Waals surface area contributed by atoms with Crippen LogP contribution in [0.3, 0.4) is 0 Å². The summed E-state index contributed by atoms with van der Waals surface area (Å²) in [6, 6.07) is 11.8. The molecule has 4 rings (SSSR count). The van der Waals surface area contributed by atoms with Crippen molar-refractivity contribution in [2.75, 3.05) is 19.6 Å². The van der Waals surface area contributed by atoms with E-state index in [2.05, 4.69) is 25.5 Å². The highest BCUT2D eigenvalue weighted by Gasteiger charge is 2.31. The maximum atomic E-state index is 12.8. The largest absolute Gasteiger partial charge is 0.416 e. The second-order valence-electron chi connectivity index (χ2n) is 7.75. The summed E-state index contributed by atoms with van der Waals surface area (Å²) in [7, 11) is 0. The van der Waals surface area contributed by atoms with Crippen LogP contribution >= 0.6 is 0 Å².